The van der Waals surface area contributed by atoms with Crippen molar-refractivity contribution in [3.05, 3.63) is 69.8 Å². The van der Waals surface area contributed by atoms with E-state index in [0.717, 1.165) is 75.8 Å². The van der Waals surface area contributed by atoms with Crippen molar-refractivity contribution in [3.63, 3.8) is 0 Å². The summed E-state index contributed by atoms with van der Waals surface area (Å²) in [6.07, 6.45) is 10.6. The van der Waals surface area contributed by atoms with Crippen LogP contribution in [0.2, 0.25) is 0 Å². The molecule has 2 aromatic rings. The molecule has 0 atom stereocenters. The number of Topliss-reactive ketones (excluding diaryl/α,β-unsaturated/α-hetero) is 2. The van der Waals surface area contributed by atoms with Crippen LogP contribution >= 0.6 is 23.2 Å². The molecule has 0 aliphatic heterocycles. The number of likely N-dealkylation sites (N-methyl/N-ethyl adjacent to an activating group) is 2. The van der Waals surface area contributed by atoms with Gasteiger partial charge < -0.3 is 65.7 Å². The number of rotatable bonds is 28. The summed E-state index contributed by atoms with van der Waals surface area (Å²) in [7, 11) is 0. The summed E-state index contributed by atoms with van der Waals surface area (Å²) >= 11 is 9.53. The Morgan fingerprint density at radius 1 is 0.531 bits per heavy atom. The fourth-order valence-electron chi connectivity index (χ4n) is 7.44. The fraction of sp³-hybridized carbons (Fsp3) is 0.673. The smallest absolute Gasteiger partial charge is 1.00 e. The van der Waals surface area contributed by atoms with Crippen molar-refractivity contribution in [1.29, 1.82) is 0 Å². The number of benzene rings is 2. The maximum atomic E-state index is 12.8. The van der Waals surface area contributed by atoms with Crippen molar-refractivity contribution in [2.24, 2.45) is 0 Å². The number of aryl methyl sites for hydroxylation is 4. The first-order valence-corrected chi connectivity index (χ1v) is 23.5. The average Bonchev–Trinajstić information content (AvgIpc) is 3.21. The van der Waals surface area contributed by atoms with E-state index in [1.807, 2.05) is 12.1 Å². The zero-order chi connectivity index (χ0) is 44.7. The summed E-state index contributed by atoms with van der Waals surface area (Å²) in [5, 5.41) is 0.194. The molecule has 0 aliphatic carbocycles. The number of hydrogen-bond donors (Lipinski definition) is 0. The molecule has 2 N–H and O–H groups in total. The van der Waals surface area contributed by atoms with Gasteiger partial charge >= 0.3 is 41.5 Å². The monoisotopic (exact) mass is 1050 g/mol. The number of carbonyl (C=O) groups excluding carboxylic acids is 4. The molecule has 9 nitrogen and oxygen atoms in total. The number of alkyl halides is 2. The molecular weight excluding hydrogens is 973 g/mol. The predicted octanol–water partition coefficient (Wildman–Crippen LogP) is -1.82. The van der Waals surface area contributed by atoms with Gasteiger partial charge in [0.05, 0.1) is 31.5 Å². The van der Waals surface area contributed by atoms with E-state index < -0.39 is 0 Å². The number of carbonyl (C=O) groups is 4. The molecule has 0 fully saturated rings. The van der Waals surface area contributed by atoms with Crippen molar-refractivity contribution in [3.8, 4) is 0 Å². The van der Waals surface area contributed by atoms with Gasteiger partial charge in [-0.25, -0.2) is 0 Å². The number of quaternary nitrogens is 2. The SMILES string of the molecule is CCCCCCC(=O)OCC[N+](CC)(CC)CC(=O)Cc1c(C)cccc1C.CCCCCCC(=O)OCC[N+](CC)(CC)CC(=O)Cc1c(C)cccc1C.ClCCl.O.[Br-].[Cl-].[Cl-].[Na+]. The number of ether oxygens (including phenoxy) is 2. The Kier molecular flexibility index (Phi) is 52.3. The van der Waals surface area contributed by atoms with Gasteiger partial charge in [-0.15, -0.1) is 23.2 Å². The number of nitrogens with zero attached hydrogens (tertiary/aromatic N) is 2. The van der Waals surface area contributed by atoms with Crippen LogP contribution in [0.25, 0.3) is 0 Å². The van der Waals surface area contributed by atoms with E-state index in [1.54, 1.807) is 0 Å². The molecule has 0 spiro atoms. The minimum Gasteiger partial charge on any atom is -1.00 e. The van der Waals surface area contributed by atoms with Gasteiger partial charge in [-0.1, -0.05) is 88.8 Å². The van der Waals surface area contributed by atoms with Crippen LogP contribution in [-0.2, 0) is 41.5 Å². The van der Waals surface area contributed by atoms with Crippen LogP contribution in [0.3, 0.4) is 0 Å². The zero-order valence-electron chi connectivity index (χ0n) is 41.5. The van der Waals surface area contributed by atoms with Crippen LogP contribution in [0.1, 0.15) is 139 Å². The van der Waals surface area contributed by atoms with Gasteiger partial charge in [0.1, 0.15) is 39.4 Å². The van der Waals surface area contributed by atoms with Crippen molar-refractivity contribution >= 4 is 46.7 Å². The third-order valence-electron chi connectivity index (χ3n) is 11.9. The van der Waals surface area contributed by atoms with Gasteiger partial charge in [-0.2, -0.15) is 0 Å². The van der Waals surface area contributed by atoms with Gasteiger partial charge in [0, 0.05) is 25.7 Å². The van der Waals surface area contributed by atoms with Gasteiger partial charge in [-0.05, 0) is 102 Å². The normalized spacial score (nSPS) is 10.3. The number of esters is 2. The molecule has 0 radical (unpaired) electrons. The number of ketones is 2. The van der Waals surface area contributed by atoms with Gasteiger partial charge in [0.25, 0.3) is 0 Å². The van der Waals surface area contributed by atoms with E-state index in [1.165, 1.54) is 35.1 Å². The molecule has 2 rings (SSSR count). The maximum absolute atomic E-state index is 12.8. The van der Waals surface area contributed by atoms with Crippen LogP contribution in [0.15, 0.2) is 36.4 Å². The summed E-state index contributed by atoms with van der Waals surface area (Å²) in [5.41, 5.74) is 7.01. The Balaban J connectivity index is -0.000000230. The molecule has 0 bridgehead atoms. The molecule has 0 unspecified atom stereocenters. The van der Waals surface area contributed by atoms with Gasteiger partial charge in [0.2, 0.25) is 0 Å². The van der Waals surface area contributed by atoms with E-state index in [4.69, 9.17) is 32.7 Å². The van der Waals surface area contributed by atoms with Crippen molar-refractivity contribution in [1.82, 2.24) is 0 Å². The Morgan fingerprint density at radius 3 is 1.06 bits per heavy atom. The molecule has 64 heavy (non-hydrogen) atoms. The van der Waals surface area contributed by atoms with Crippen LogP contribution < -0.4 is 71.4 Å². The van der Waals surface area contributed by atoms with E-state index in [0.29, 0.717) is 74.0 Å². The quantitative estimate of drug-likeness (QED) is 0.0327. The first kappa shape index (κ1) is 74.8. The Morgan fingerprint density at radius 2 is 0.812 bits per heavy atom. The second-order valence-electron chi connectivity index (χ2n) is 16.0. The van der Waals surface area contributed by atoms with Crippen molar-refractivity contribution < 1.29 is 114 Å². The fourth-order valence-corrected chi connectivity index (χ4v) is 7.44. The summed E-state index contributed by atoms with van der Waals surface area (Å²) in [5.74, 6) is 0.297. The van der Waals surface area contributed by atoms with Crippen LogP contribution in [-0.4, -0.2) is 109 Å². The minimum absolute atomic E-state index is 0. The van der Waals surface area contributed by atoms with E-state index >= 15 is 0 Å². The Labute approximate surface area is 444 Å². The molecule has 15 heteroatoms. The van der Waals surface area contributed by atoms with Crippen LogP contribution in [0.4, 0.5) is 0 Å². The number of halogens is 5. The predicted molar refractivity (Wildman–Crippen MR) is 251 cm³/mol. The summed E-state index contributed by atoms with van der Waals surface area (Å²) in [6.45, 7) is 27.7. The van der Waals surface area contributed by atoms with Crippen molar-refractivity contribution in [2.75, 3.05) is 70.9 Å². The van der Waals surface area contributed by atoms with E-state index in [-0.39, 0.29) is 106 Å². The molecule has 0 aromatic heterocycles. The molecule has 0 heterocycles. The maximum Gasteiger partial charge on any atom is 1.00 e. The number of hydrogen-bond acceptors (Lipinski definition) is 6. The summed E-state index contributed by atoms with van der Waals surface area (Å²) < 4.78 is 12.3. The summed E-state index contributed by atoms with van der Waals surface area (Å²) in [4.78, 5) is 49.5. The van der Waals surface area contributed by atoms with Crippen LogP contribution in [0.5, 0.6) is 0 Å². The zero-order valence-corrected chi connectivity index (χ0v) is 48.1. The third-order valence-corrected chi connectivity index (χ3v) is 11.9. The van der Waals surface area contributed by atoms with E-state index in [9.17, 15) is 19.2 Å². The third kappa shape index (κ3) is 32.1. The molecule has 368 valence electrons. The molecule has 0 aliphatic rings. The molecular formula is C49H84BrCl4N2NaO7. The average molecular weight is 1060 g/mol. The molecule has 0 amide bonds. The minimum atomic E-state index is -0.108. The largest absolute Gasteiger partial charge is 1.00 e. The summed E-state index contributed by atoms with van der Waals surface area (Å²) in [6, 6.07) is 12.3. The van der Waals surface area contributed by atoms with Crippen molar-refractivity contribution in [2.45, 2.75) is 146 Å². The Hall–Kier alpha value is -0.760. The second-order valence-corrected chi connectivity index (χ2v) is 16.9. The number of unbranched alkanes of at least 4 members (excludes halogenated alkanes) is 6. The molecule has 2 aromatic carbocycles. The topological polar surface area (TPSA) is 118 Å². The molecule has 0 saturated carbocycles. The van der Waals surface area contributed by atoms with Crippen LogP contribution in [0, 0.1) is 27.7 Å². The molecule has 0 saturated heterocycles. The Bertz CT molecular complexity index is 1370. The second kappa shape index (κ2) is 44.7. The van der Waals surface area contributed by atoms with Gasteiger partial charge in [-0.3, -0.25) is 19.2 Å². The van der Waals surface area contributed by atoms with E-state index in [2.05, 4.69) is 93.5 Å². The van der Waals surface area contributed by atoms with Gasteiger partial charge in [0.15, 0.2) is 11.6 Å². The first-order valence-electron chi connectivity index (χ1n) is 22.4. The first-order chi connectivity index (χ1) is 28.2. The standard InChI is InChI=1S/2C24H40NO3.CH2Cl2.BrH.2ClH.Na.H2O/c2*1-6-9-10-11-15-24(27)28-17-16-25(7-2,8-3)19-22(26)18-23-20(4)13-12-14-21(23)5;2-1-3;;;;;/h2*12-14H,6-11,15-19H2,1-5H3;1H2;3*1H;;1H2/q2*+1;;;;;+1;/p-3.